The number of anilines is 2. The molecule has 1 fully saturated rings. The highest BCUT2D eigenvalue weighted by Gasteiger charge is 2.27. The third-order valence-corrected chi connectivity index (χ3v) is 5.15. The minimum Gasteiger partial charge on any atom is -0.444 e. The minimum atomic E-state index is -0.626. The summed E-state index contributed by atoms with van der Waals surface area (Å²) in [6.07, 6.45) is 1.80. The van der Waals surface area contributed by atoms with Crippen LogP contribution in [0.2, 0.25) is 0 Å². The van der Waals surface area contributed by atoms with Crippen LogP contribution >= 0.6 is 0 Å². The number of rotatable bonds is 7. The van der Waals surface area contributed by atoms with Crippen molar-refractivity contribution in [3.8, 4) is 0 Å². The van der Waals surface area contributed by atoms with Crippen molar-refractivity contribution in [2.75, 3.05) is 36.4 Å². The number of hydrogen-bond donors (Lipinski definition) is 2. The molecular formula is C24H39N5O4. The van der Waals surface area contributed by atoms with Gasteiger partial charge in [-0.25, -0.2) is 9.78 Å². The lowest BCUT2D eigenvalue weighted by Gasteiger charge is -2.36. The standard InChI is InChI=1S/C24H39N5O4/c1-16(2)14-20(30)27-21(17(3)4)22(31)26-19-9-8-18(15-25-19)28-10-12-29(13-11-28)23(32)33-24(5,6)7/h8-9,15-17,21H,10-14H2,1-7H3,(H,27,30)(H,25,26,31). The van der Waals surface area contributed by atoms with Crippen LogP contribution in [0.25, 0.3) is 0 Å². The lowest BCUT2D eigenvalue weighted by molar-refractivity contribution is -0.127. The van der Waals surface area contributed by atoms with Gasteiger partial charge in [-0.1, -0.05) is 27.7 Å². The van der Waals surface area contributed by atoms with E-state index >= 15 is 0 Å². The number of carbonyl (C=O) groups excluding carboxylic acids is 3. The second-order valence-corrected chi connectivity index (χ2v) is 10.2. The van der Waals surface area contributed by atoms with Crippen LogP contribution in [0.1, 0.15) is 54.9 Å². The lowest BCUT2D eigenvalue weighted by Crippen LogP contribution is -2.50. The van der Waals surface area contributed by atoms with E-state index in [1.807, 2.05) is 54.5 Å². The molecule has 2 rings (SSSR count). The molecule has 2 N–H and O–H groups in total. The highest BCUT2D eigenvalue weighted by molar-refractivity contribution is 5.96. The molecule has 0 spiro atoms. The zero-order chi connectivity index (χ0) is 24.8. The fourth-order valence-electron chi connectivity index (χ4n) is 3.46. The van der Waals surface area contributed by atoms with Crippen LogP contribution in [0.5, 0.6) is 0 Å². The van der Waals surface area contributed by atoms with E-state index < -0.39 is 11.6 Å². The van der Waals surface area contributed by atoms with Crippen LogP contribution in [0, 0.1) is 11.8 Å². The van der Waals surface area contributed by atoms with Gasteiger partial charge in [0.15, 0.2) is 0 Å². The van der Waals surface area contributed by atoms with Crippen molar-refractivity contribution in [1.29, 1.82) is 0 Å². The van der Waals surface area contributed by atoms with Crippen molar-refractivity contribution in [3.63, 3.8) is 0 Å². The fraction of sp³-hybridized carbons (Fsp3) is 0.667. The van der Waals surface area contributed by atoms with E-state index in [0.717, 1.165) is 5.69 Å². The summed E-state index contributed by atoms with van der Waals surface area (Å²) in [6, 6.07) is 3.02. The van der Waals surface area contributed by atoms with Gasteiger partial charge in [-0.15, -0.1) is 0 Å². The summed E-state index contributed by atoms with van der Waals surface area (Å²) in [4.78, 5) is 45.3. The van der Waals surface area contributed by atoms with E-state index in [2.05, 4.69) is 20.5 Å². The van der Waals surface area contributed by atoms with Gasteiger partial charge in [0, 0.05) is 32.6 Å². The molecule has 0 saturated carbocycles. The maximum atomic E-state index is 12.7. The number of hydrogen-bond acceptors (Lipinski definition) is 6. The van der Waals surface area contributed by atoms with Crippen molar-refractivity contribution >= 4 is 29.4 Å². The predicted molar refractivity (Wildman–Crippen MR) is 129 cm³/mol. The Labute approximate surface area is 197 Å². The van der Waals surface area contributed by atoms with Crippen LogP contribution in [-0.2, 0) is 14.3 Å². The maximum Gasteiger partial charge on any atom is 0.410 e. The van der Waals surface area contributed by atoms with Gasteiger partial charge in [0.1, 0.15) is 17.5 Å². The molecule has 184 valence electrons. The SMILES string of the molecule is CC(C)CC(=O)NC(C(=O)Nc1ccc(N2CCN(C(=O)OC(C)(C)C)CC2)cn1)C(C)C. The Morgan fingerprint density at radius 1 is 1.06 bits per heavy atom. The number of carbonyl (C=O) groups is 3. The first kappa shape index (κ1) is 26.4. The van der Waals surface area contributed by atoms with Crippen molar-refractivity contribution in [1.82, 2.24) is 15.2 Å². The van der Waals surface area contributed by atoms with Gasteiger partial charge in [-0.05, 0) is 44.7 Å². The minimum absolute atomic E-state index is 0.0540. The summed E-state index contributed by atoms with van der Waals surface area (Å²) in [5, 5.41) is 5.63. The van der Waals surface area contributed by atoms with Gasteiger partial charge >= 0.3 is 6.09 Å². The highest BCUT2D eigenvalue weighted by Crippen LogP contribution is 2.19. The third kappa shape index (κ3) is 8.55. The quantitative estimate of drug-likeness (QED) is 0.646. The molecule has 1 atom stereocenters. The molecule has 33 heavy (non-hydrogen) atoms. The topological polar surface area (TPSA) is 104 Å². The molecule has 0 bridgehead atoms. The molecule has 9 heteroatoms. The molecule has 9 nitrogen and oxygen atoms in total. The zero-order valence-electron chi connectivity index (χ0n) is 21.0. The molecule has 0 aromatic carbocycles. The van der Waals surface area contributed by atoms with Gasteiger partial charge < -0.3 is 25.2 Å². The first-order chi connectivity index (χ1) is 15.4. The van der Waals surface area contributed by atoms with Crippen LogP contribution in [-0.4, -0.2) is 65.6 Å². The summed E-state index contributed by atoms with van der Waals surface area (Å²) < 4.78 is 5.44. The summed E-state index contributed by atoms with van der Waals surface area (Å²) >= 11 is 0. The number of amides is 3. The zero-order valence-corrected chi connectivity index (χ0v) is 21.0. The Balaban J connectivity index is 1.91. The normalized spacial score (nSPS) is 15.4. The van der Waals surface area contributed by atoms with Crippen molar-refractivity contribution in [2.45, 2.75) is 66.5 Å². The Morgan fingerprint density at radius 3 is 2.18 bits per heavy atom. The van der Waals surface area contributed by atoms with E-state index in [1.54, 1.807) is 17.2 Å². The maximum absolute atomic E-state index is 12.7. The number of pyridine rings is 1. The summed E-state index contributed by atoms with van der Waals surface area (Å²) in [6.45, 7) is 15.8. The molecule has 2 heterocycles. The monoisotopic (exact) mass is 461 g/mol. The summed E-state index contributed by atoms with van der Waals surface area (Å²) in [5.41, 5.74) is 0.409. The Morgan fingerprint density at radius 2 is 1.70 bits per heavy atom. The molecule has 1 aliphatic rings. The molecule has 1 saturated heterocycles. The average molecular weight is 462 g/mol. The van der Waals surface area contributed by atoms with E-state index in [9.17, 15) is 14.4 Å². The van der Waals surface area contributed by atoms with Crippen molar-refractivity contribution in [2.24, 2.45) is 11.8 Å². The second kappa shape index (κ2) is 11.3. The van der Waals surface area contributed by atoms with Gasteiger partial charge in [0.2, 0.25) is 11.8 Å². The number of nitrogens with one attached hydrogen (secondary N) is 2. The highest BCUT2D eigenvalue weighted by atomic mass is 16.6. The number of piperazine rings is 1. The number of ether oxygens (including phenoxy) is 1. The summed E-state index contributed by atoms with van der Waals surface area (Å²) in [5.74, 6) is 0.184. The average Bonchev–Trinajstić information content (AvgIpc) is 2.70. The van der Waals surface area contributed by atoms with Crippen LogP contribution < -0.4 is 15.5 Å². The molecular weight excluding hydrogens is 422 g/mol. The largest absolute Gasteiger partial charge is 0.444 e. The smallest absolute Gasteiger partial charge is 0.410 e. The van der Waals surface area contributed by atoms with Crippen molar-refractivity contribution in [3.05, 3.63) is 18.3 Å². The van der Waals surface area contributed by atoms with Gasteiger partial charge in [-0.2, -0.15) is 0 Å². The predicted octanol–water partition coefficient (Wildman–Crippen LogP) is 3.26. The second-order valence-electron chi connectivity index (χ2n) is 10.2. The van der Waals surface area contributed by atoms with Crippen LogP contribution in [0.15, 0.2) is 18.3 Å². The van der Waals surface area contributed by atoms with Gasteiger partial charge in [-0.3, -0.25) is 9.59 Å². The third-order valence-electron chi connectivity index (χ3n) is 5.15. The fourth-order valence-corrected chi connectivity index (χ4v) is 3.46. The van der Waals surface area contributed by atoms with Gasteiger partial charge in [0.05, 0.1) is 11.9 Å². The molecule has 0 radical (unpaired) electrons. The van der Waals surface area contributed by atoms with E-state index in [0.29, 0.717) is 38.4 Å². The number of aromatic nitrogens is 1. The molecule has 1 unspecified atom stereocenters. The van der Waals surface area contributed by atoms with Crippen LogP contribution in [0.3, 0.4) is 0 Å². The van der Waals surface area contributed by atoms with E-state index in [4.69, 9.17) is 4.74 Å². The molecule has 3 amide bonds. The molecule has 0 aliphatic carbocycles. The van der Waals surface area contributed by atoms with Gasteiger partial charge in [0.25, 0.3) is 0 Å². The Bertz CT molecular complexity index is 809. The molecule has 1 aliphatic heterocycles. The van der Waals surface area contributed by atoms with E-state index in [1.165, 1.54) is 0 Å². The molecule has 1 aromatic rings. The lowest BCUT2D eigenvalue weighted by atomic mass is 10.0. The Kier molecular flexibility index (Phi) is 9.07. The first-order valence-electron chi connectivity index (χ1n) is 11.6. The first-order valence-corrected chi connectivity index (χ1v) is 11.6. The van der Waals surface area contributed by atoms with Crippen molar-refractivity contribution < 1.29 is 19.1 Å². The number of nitrogens with zero attached hydrogens (tertiary/aromatic N) is 3. The molecule has 1 aromatic heterocycles. The van der Waals surface area contributed by atoms with E-state index in [-0.39, 0.29) is 29.7 Å². The summed E-state index contributed by atoms with van der Waals surface area (Å²) in [7, 11) is 0. The van der Waals surface area contributed by atoms with Crippen LogP contribution in [0.4, 0.5) is 16.3 Å². The Hall–Kier alpha value is -2.84.